The van der Waals surface area contributed by atoms with E-state index in [2.05, 4.69) is 34.2 Å². The highest BCUT2D eigenvalue weighted by Gasteiger charge is 2.35. The monoisotopic (exact) mass is 365 g/mol. The summed E-state index contributed by atoms with van der Waals surface area (Å²) in [5.74, 6) is 0. The molecule has 1 aliphatic rings. The zero-order valence-electron chi connectivity index (χ0n) is 15.3. The lowest BCUT2D eigenvalue weighted by molar-refractivity contribution is -0.115. The number of aromatic nitrogens is 2. The third kappa shape index (κ3) is 3.59. The topological polar surface area (TPSA) is 67.5 Å². The van der Waals surface area contributed by atoms with Gasteiger partial charge in [0.1, 0.15) is 0 Å². The molecule has 2 heterocycles. The van der Waals surface area contributed by atoms with Crippen molar-refractivity contribution in [1.29, 1.82) is 0 Å². The minimum Gasteiger partial charge on any atom is -0.385 e. The molecule has 0 bridgehead atoms. The van der Waals surface area contributed by atoms with E-state index >= 15 is 0 Å². The Morgan fingerprint density at radius 3 is 2.93 bits per heavy atom. The molecular weight excluding hydrogens is 342 g/mol. The van der Waals surface area contributed by atoms with E-state index in [-0.39, 0.29) is 6.04 Å². The molecule has 140 valence electrons. The molecule has 1 N–H and O–H groups in total. The van der Waals surface area contributed by atoms with Crippen LogP contribution < -0.4 is 4.90 Å². The zero-order valence-corrected chi connectivity index (χ0v) is 15.3. The van der Waals surface area contributed by atoms with E-state index in [1.54, 1.807) is 13.4 Å². The Labute approximate surface area is 158 Å². The first-order valence-corrected chi connectivity index (χ1v) is 9.16. The summed E-state index contributed by atoms with van der Waals surface area (Å²) < 4.78 is 10.9. The van der Waals surface area contributed by atoms with Crippen LogP contribution in [0.1, 0.15) is 23.6 Å². The van der Waals surface area contributed by atoms with Crippen molar-refractivity contribution in [2.24, 2.45) is 0 Å². The minimum atomic E-state index is -0.590. The number of aryl methyl sites for hydroxylation is 1. The summed E-state index contributed by atoms with van der Waals surface area (Å²) in [6, 6.07) is 14.5. The summed E-state index contributed by atoms with van der Waals surface area (Å²) in [5, 5.41) is 0. The predicted octanol–water partition coefficient (Wildman–Crippen LogP) is 3.24. The van der Waals surface area contributed by atoms with Crippen LogP contribution in [0.2, 0.25) is 0 Å². The quantitative estimate of drug-likeness (QED) is 0.514. The third-order valence-corrected chi connectivity index (χ3v) is 5.03. The molecule has 2 unspecified atom stereocenters. The molecule has 6 heteroatoms. The SMILES string of the molecule is COCCCc1ccc(C2COC(C=O)N2c2ccc3[nH]cnc3c2)cc1. The normalized spacial score (nSPS) is 19.7. The van der Waals surface area contributed by atoms with E-state index in [0.29, 0.717) is 6.61 Å². The van der Waals surface area contributed by atoms with Crippen LogP contribution in [-0.4, -0.2) is 42.8 Å². The summed E-state index contributed by atoms with van der Waals surface area (Å²) in [6.45, 7) is 1.24. The third-order valence-electron chi connectivity index (χ3n) is 5.03. The maximum absolute atomic E-state index is 11.6. The Bertz CT molecular complexity index is 906. The van der Waals surface area contributed by atoms with E-state index in [9.17, 15) is 4.79 Å². The second kappa shape index (κ2) is 7.90. The summed E-state index contributed by atoms with van der Waals surface area (Å²) in [4.78, 5) is 21.0. The highest BCUT2D eigenvalue weighted by Crippen LogP contribution is 2.35. The highest BCUT2D eigenvalue weighted by molar-refractivity contribution is 5.80. The van der Waals surface area contributed by atoms with Gasteiger partial charge in [-0.15, -0.1) is 0 Å². The number of imidazole rings is 1. The molecule has 0 aliphatic carbocycles. The van der Waals surface area contributed by atoms with Crippen LogP contribution in [-0.2, 0) is 20.7 Å². The van der Waals surface area contributed by atoms with Gasteiger partial charge < -0.3 is 19.4 Å². The van der Waals surface area contributed by atoms with Crippen LogP contribution in [0.25, 0.3) is 11.0 Å². The van der Waals surface area contributed by atoms with Crippen molar-refractivity contribution in [3.05, 3.63) is 59.9 Å². The number of nitrogens with zero attached hydrogens (tertiary/aromatic N) is 2. The van der Waals surface area contributed by atoms with Gasteiger partial charge in [-0.1, -0.05) is 24.3 Å². The standard InChI is InChI=1S/C21H23N3O3/c1-26-10-2-3-15-4-6-16(7-5-15)20-13-27-21(12-25)24(20)17-8-9-18-19(11-17)23-14-22-18/h4-9,11-12,14,20-21H,2-3,10,13H2,1H3,(H,22,23). The van der Waals surface area contributed by atoms with Crippen LogP contribution in [0.3, 0.4) is 0 Å². The Hall–Kier alpha value is -2.70. The van der Waals surface area contributed by atoms with Crippen molar-refractivity contribution in [2.45, 2.75) is 25.1 Å². The van der Waals surface area contributed by atoms with Crippen LogP contribution in [0.15, 0.2) is 48.8 Å². The van der Waals surface area contributed by atoms with Gasteiger partial charge in [0.25, 0.3) is 0 Å². The average molecular weight is 365 g/mol. The number of hydrogen-bond acceptors (Lipinski definition) is 5. The first-order chi connectivity index (χ1) is 13.3. The molecular formula is C21H23N3O3. The number of anilines is 1. The molecule has 1 aromatic heterocycles. The van der Waals surface area contributed by atoms with Gasteiger partial charge >= 0.3 is 0 Å². The number of fused-ring (bicyclic) bond motifs is 1. The largest absolute Gasteiger partial charge is 0.385 e. The molecule has 2 aromatic carbocycles. The Kier molecular flexibility index (Phi) is 5.18. The van der Waals surface area contributed by atoms with Crippen LogP contribution in [0.5, 0.6) is 0 Å². The second-order valence-electron chi connectivity index (χ2n) is 6.72. The number of benzene rings is 2. The first-order valence-electron chi connectivity index (χ1n) is 9.16. The van der Waals surface area contributed by atoms with Gasteiger partial charge in [-0.3, -0.25) is 4.79 Å². The number of carbonyl (C=O) groups excluding carboxylic acids is 1. The zero-order chi connectivity index (χ0) is 18.6. The van der Waals surface area contributed by atoms with Gasteiger partial charge in [0, 0.05) is 19.4 Å². The molecule has 1 aliphatic heterocycles. The Morgan fingerprint density at radius 2 is 2.15 bits per heavy atom. The van der Waals surface area contributed by atoms with Gasteiger partial charge in [-0.25, -0.2) is 4.98 Å². The second-order valence-corrected chi connectivity index (χ2v) is 6.72. The fourth-order valence-electron chi connectivity index (χ4n) is 3.62. The van der Waals surface area contributed by atoms with E-state index in [4.69, 9.17) is 9.47 Å². The van der Waals surface area contributed by atoms with Gasteiger partial charge in [-0.05, 0) is 42.2 Å². The maximum Gasteiger partial charge on any atom is 0.187 e. The number of ether oxygens (including phenoxy) is 2. The average Bonchev–Trinajstić information content (AvgIpc) is 3.34. The van der Waals surface area contributed by atoms with Crippen LogP contribution in [0.4, 0.5) is 5.69 Å². The lowest BCUT2D eigenvalue weighted by atomic mass is 10.0. The number of hydrogen-bond donors (Lipinski definition) is 1. The molecule has 0 saturated carbocycles. The molecule has 2 atom stereocenters. The smallest absolute Gasteiger partial charge is 0.187 e. The Morgan fingerprint density at radius 1 is 1.30 bits per heavy atom. The number of aldehydes is 1. The number of rotatable bonds is 7. The number of carbonyl (C=O) groups is 1. The van der Waals surface area contributed by atoms with Crippen molar-refractivity contribution in [3.63, 3.8) is 0 Å². The fourth-order valence-corrected chi connectivity index (χ4v) is 3.62. The molecule has 3 aromatic rings. The molecule has 1 saturated heterocycles. The lowest BCUT2D eigenvalue weighted by Gasteiger charge is -2.28. The molecule has 4 rings (SSSR count). The molecule has 6 nitrogen and oxygen atoms in total. The Balaban J connectivity index is 1.59. The fraction of sp³-hybridized carbons (Fsp3) is 0.333. The molecule has 27 heavy (non-hydrogen) atoms. The molecule has 0 amide bonds. The summed E-state index contributed by atoms with van der Waals surface area (Å²) in [5.41, 5.74) is 5.19. The van der Waals surface area contributed by atoms with E-state index < -0.39 is 6.23 Å². The van der Waals surface area contributed by atoms with Gasteiger partial charge in [-0.2, -0.15) is 0 Å². The van der Waals surface area contributed by atoms with E-state index in [1.165, 1.54) is 5.56 Å². The van der Waals surface area contributed by atoms with Crippen molar-refractivity contribution in [1.82, 2.24) is 9.97 Å². The van der Waals surface area contributed by atoms with Crippen LogP contribution >= 0.6 is 0 Å². The van der Waals surface area contributed by atoms with Crippen molar-refractivity contribution >= 4 is 23.0 Å². The summed E-state index contributed by atoms with van der Waals surface area (Å²) >= 11 is 0. The highest BCUT2D eigenvalue weighted by atomic mass is 16.5. The van der Waals surface area contributed by atoms with Gasteiger partial charge in [0.05, 0.1) is 30.0 Å². The number of methoxy groups -OCH3 is 1. The van der Waals surface area contributed by atoms with E-state index in [0.717, 1.165) is 48.0 Å². The maximum atomic E-state index is 11.6. The van der Waals surface area contributed by atoms with Crippen molar-refractivity contribution < 1.29 is 14.3 Å². The molecule has 0 radical (unpaired) electrons. The van der Waals surface area contributed by atoms with Crippen LogP contribution in [0, 0.1) is 0 Å². The first kappa shape index (κ1) is 17.7. The van der Waals surface area contributed by atoms with E-state index in [1.807, 2.05) is 23.1 Å². The van der Waals surface area contributed by atoms with Crippen molar-refractivity contribution in [3.8, 4) is 0 Å². The number of nitrogens with one attached hydrogen (secondary N) is 1. The van der Waals surface area contributed by atoms with Gasteiger partial charge in [0.15, 0.2) is 12.5 Å². The lowest BCUT2D eigenvalue weighted by Crippen LogP contribution is -2.33. The molecule has 1 fully saturated rings. The molecule has 0 spiro atoms. The number of H-pyrrole nitrogens is 1. The predicted molar refractivity (Wildman–Crippen MR) is 104 cm³/mol. The summed E-state index contributed by atoms with van der Waals surface area (Å²) in [7, 11) is 1.72. The minimum absolute atomic E-state index is 0.00961. The summed E-state index contributed by atoms with van der Waals surface area (Å²) in [6.07, 6.45) is 3.93. The number of aromatic amines is 1. The van der Waals surface area contributed by atoms with Gasteiger partial charge in [0.2, 0.25) is 0 Å². The van der Waals surface area contributed by atoms with Crippen molar-refractivity contribution in [2.75, 3.05) is 25.2 Å².